The van der Waals surface area contributed by atoms with E-state index in [-0.39, 0.29) is 22.4 Å². The largest absolute Gasteiger partial charge is 0.495 e. The van der Waals surface area contributed by atoms with Gasteiger partial charge in [-0.25, -0.2) is 8.42 Å². The molecule has 1 heterocycles. The van der Waals surface area contributed by atoms with Crippen molar-refractivity contribution >= 4 is 33.2 Å². The number of likely N-dealkylation sites (tertiary alicyclic amines) is 1. The van der Waals surface area contributed by atoms with Crippen molar-refractivity contribution in [2.75, 3.05) is 30.2 Å². The third kappa shape index (κ3) is 5.10. The number of carbonyl (C=O) groups excluding carboxylic acids is 2. The molecule has 0 bridgehead atoms. The van der Waals surface area contributed by atoms with E-state index in [0.29, 0.717) is 17.0 Å². The molecule has 1 fully saturated rings. The van der Waals surface area contributed by atoms with Crippen LogP contribution in [-0.4, -0.2) is 45.3 Å². The van der Waals surface area contributed by atoms with Gasteiger partial charge in [0.2, 0.25) is 5.91 Å². The van der Waals surface area contributed by atoms with E-state index in [9.17, 15) is 18.0 Å². The van der Waals surface area contributed by atoms with E-state index in [1.165, 1.54) is 32.2 Å². The highest BCUT2D eigenvalue weighted by atomic mass is 32.2. The number of hydrogen-bond acceptors (Lipinski definition) is 5. The smallest absolute Gasteiger partial charge is 0.261 e. The zero-order valence-electron chi connectivity index (χ0n) is 17.0. The molecule has 1 saturated heterocycles. The summed E-state index contributed by atoms with van der Waals surface area (Å²) in [6, 6.07) is 10.6. The van der Waals surface area contributed by atoms with Crippen molar-refractivity contribution in [3.05, 3.63) is 48.0 Å². The molecule has 30 heavy (non-hydrogen) atoms. The summed E-state index contributed by atoms with van der Waals surface area (Å²) in [5.41, 5.74) is 1.12. The molecule has 9 heteroatoms. The fourth-order valence-corrected chi connectivity index (χ4v) is 4.40. The Bertz CT molecular complexity index is 1030. The molecular weight excluding hydrogens is 406 g/mol. The first-order valence-electron chi connectivity index (χ1n) is 9.68. The molecule has 0 radical (unpaired) electrons. The molecule has 2 aromatic rings. The lowest BCUT2D eigenvalue weighted by Crippen LogP contribution is -2.35. The SMILES string of the molecule is COc1ccc(S(=O)(=O)Nc2ccc(C(=O)N3CCCCC3)cc2)cc1NC(C)=O. The summed E-state index contributed by atoms with van der Waals surface area (Å²) in [6.45, 7) is 2.83. The Kier molecular flexibility index (Phi) is 6.61. The molecule has 8 nitrogen and oxygen atoms in total. The number of sulfonamides is 1. The summed E-state index contributed by atoms with van der Waals surface area (Å²) in [4.78, 5) is 25.7. The van der Waals surface area contributed by atoms with Gasteiger partial charge in [0.25, 0.3) is 15.9 Å². The van der Waals surface area contributed by atoms with Gasteiger partial charge in [-0.3, -0.25) is 14.3 Å². The molecule has 1 aliphatic rings. The Hall–Kier alpha value is -3.07. The van der Waals surface area contributed by atoms with Gasteiger partial charge in [-0.1, -0.05) is 0 Å². The Balaban J connectivity index is 1.76. The zero-order valence-corrected chi connectivity index (χ0v) is 17.8. The van der Waals surface area contributed by atoms with Crippen molar-refractivity contribution in [1.29, 1.82) is 0 Å². The van der Waals surface area contributed by atoms with Gasteiger partial charge in [-0.15, -0.1) is 0 Å². The number of amides is 2. The first kappa shape index (κ1) is 21.6. The van der Waals surface area contributed by atoms with Crippen LogP contribution in [0.3, 0.4) is 0 Å². The van der Waals surface area contributed by atoms with Gasteiger partial charge in [0, 0.05) is 31.3 Å². The topological polar surface area (TPSA) is 105 Å². The molecule has 0 saturated carbocycles. The summed E-state index contributed by atoms with van der Waals surface area (Å²) in [7, 11) is -2.47. The van der Waals surface area contributed by atoms with Crippen molar-refractivity contribution in [2.24, 2.45) is 0 Å². The minimum absolute atomic E-state index is 0.0273. The second-order valence-electron chi connectivity index (χ2n) is 7.08. The molecule has 0 atom stereocenters. The quantitative estimate of drug-likeness (QED) is 0.731. The summed E-state index contributed by atoms with van der Waals surface area (Å²) >= 11 is 0. The van der Waals surface area contributed by atoms with Gasteiger partial charge in [0.05, 0.1) is 17.7 Å². The molecule has 1 aliphatic heterocycles. The zero-order chi connectivity index (χ0) is 21.7. The number of benzene rings is 2. The third-order valence-corrected chi connectivity index (χ3v) is 6.20. The van der Waals surface area contributed by atoms with Crippen LogP contribution in [0.15, 0.2) is 47.4 Å². The van der Waals surface area contributed by atoms with E-state index in [2.05, 4.69) is 10.0 Å². The van der Waals surface area contributed by atoms with Crippen LogP contribution in [0.2, 0.25) is 0 Å². The molecule has 3 rings (SSSR count). The van der Waals surface area contributed by atoms with Gasteiger partial charge < -0.3 is 15.0 Å². The number of hydrogen-bond donors (Lipinski definition) is 2. The number of ether oxygens (including phenoxy) is 1. The molecule has 160 valence electrons. The highest BCUT2D eigenvalue weighted by Crippen LogP contribution is 2.28. The normalized spacial score (nSPS) is 14.1. The van der Waals surface area contributed by atoms with E-state index in [1.54, 1.807) is 24.3 Å². The first-order chi connectivity index (χ1) is 14.3. The van der Waals surface area contributed by atoms with Gasteiger partial charge in [-0.05, 0) is 61.7 Å². The van der Waals surface area contributed by atoms with E-state index >= 15 is 0 Å². The molecule has 0 aromatic heterocycles. The summed E-state index contributed by atoms with van der Waals surface area (Å²) in [5, 5.41) is 2.55. The van der Waals surface area contributed by atoms with Gasteiger partial charge >= 0.3 is 0 Å². The Morgan fingerprint density at radius 2 is 1.67 bits per heavy atom. The number of piperidine rings is 1. The average Bonchev–Trinajstić information content (AvgIpc) is 2.73. The van der Waals surface area contributed by atoms with Crippen molar-refractivity contribution in [3.8, 4) is 5.75 Å². The van der Waals surface area contributed by atoms with Crippen molar-refractivity contribution in [1.82, 2.24) is 4.90 Å². The van der Waals surface area contributed by atoms with Crippen molar-refractivity contribution in [3.63, 3.8) is 0 Å². The predicted molar refractivity (Wildman–Crippen MR) is 114 cm³/mol. The maximum absolute atomic E-state index is 12.8. The number of methoxy groups -OCH3 is 1. The number of rotatable bonds is 6. The average molecular weight is 432 g/mol. The Morgan fingerprint density at radius 1 is 1.00 bits per heavy atom. The summed E-state index contributed by atoms with van der Waals surface area (Å²) in [6.07, 6.45) is 3.15. The number of nitrogens with one attached hydrogen (secondary N) is 2. The number of anilines is 2. The molecule has 0 unspecified atom stereocenters. The standard InChI is InChI=1S/C21H25N3O5S/c1-15(25)22-19-14-18(10-11-20(19)29-2)30(27,28)23-17-8-6-16(7-9-17)21(26)24-12-4-3-5-13-24/h6-11,14,23H,3-5,12-13H2,1-2H3,(H,22,25). The van der Waals surface area contributed by atoms with Crippen molar-refractivity contribution in [2.45, 2.75) is 31.1 Å². The maximum atomic E-state index is 12.8. The van der Waals surface area contributed by atoms with Crippen molar-refractivity contribution < 1.29 is 22.7 Å². The maximum Gasteiger partial charge on any atom is 0.261 e. The van der Waals surface area contributed by atoms with Crippen LogP contribution < -0.4 is 14.8 Å². The first-order valence-corrected chi connectivity index (χ1v) is 11.2. The molecule has 2 amide bonds. The van der Waals surface area contributed by atoms with E-state index in [4.69, 9.17) is 4.74 Å². The lowest BCUT2D eigenvalue weighted by atomic mass is 10.1. The lowest BCUT2D eigenvalue weighted by Gasteiger charge is -2.26. The van der Waals surface area contributed by atoms with Gasteiger partial charge in [0.15, 0.2) is 0 Å². The fourth-order valence-electron chi connectivity index (χ4n) is 3.32. The summed E-state index contributed by atoms with van der Waals surface area (Å²) in [5.74, 6) is -0.0336. The Labute approximate surface area is 176 Å². The molecular formula is C21H25N3O5S. The monoisotopic (exact) mass is 431 g/mol. The van der Waals surface area contributed by atoms with E-state index in [1.807, 2.05) is 4.90 Å². The Morgan fingerprint density at radius 3 is 2.27 bits per heavy atom. The lowest BCUT2D eigenvalue weighted by molar-refractivity contribution is -0.114. The summed E-state index contributed by atoms with van der Waals surface area (Å²) < 4.78 is 33.2. The second kappa shape index (κ2) is 9.17. The minimum Gasteiger partial charge on any atom is -0.495 e. The third-order valence-electron chi connectivity index (χ3n) is 4.82. The second-order valence-corrected chi connectivity index (χ2v) is 8.76. The van der Waals surface area contributed by atoms with E-state index < -0.39 is 10.0 Å². The van der Waals surface area contributed by atoms with Crippen LogP contribution in [0.4, 0.5) is 11.4 Å². The molecule has 0 spiro atoms. The number of nitrogens with zero attached hydrogens (tertiary/aromatic N) is 1. The van der Waals surface area contributed by atoms with Crippen LogP contribution in [0.5, 0.6) is 5.75 Å². The van der Waals surface area contributed by atoms with Crippen LogP contribution in [0, 0.1) is 0 Å². The molecule has 2 aromatic carbocycles. The highest BCUT2D eigenvalue weighted by molar-refractivity contribution is 7.92. The van der Waals surface area contributed by atoms with Crippen LogP contribution in [0.25, 0.3) is 0 Å². The molecule has 0 aliphatic carbocycles. The van der Waals surface area contributed by atoms with Gasteiger partial charge in [-0.2, -0.15) is 0 Å². The number of carbonyl (C=O) groups is 2. The van der Waals surface area contributed by atoms with Gasteiger partial charge in [0.1, 0.15) is 5.75 Å². The van der Waals surface area contributed by atoms with Crippen LogP contribution in [-0.2, 0) is 14.8 Å². The fraction of sp³-hybridized carbons (Fsp3) is 0.333. The minimum atomic E-state index is -3.90. The highest BCUT2D eigenvalue weighted by Gasteiger charge is 2.20. The predicted octanol–water partition coefficient (Wildman–Crippen LogP) is 3.08. The molecule has 2 N–H and O–H groups in total. The van der Waals surface area contributed by atoms with Crippen LogP contribution >= 0.6 is 0 Å². The van der Waals surface area contributed by atoms with Crippen LogP contribution in [0.1, 0.15) is 36.5 Å². The van der Waals surface area contributed by atoms with E-state index in [0.717, 1.165) is 32.4 Å².